The maximum atomic E-state index is 12.2. The third kappa shape index (κ3) is 3.03. The molecule has 0 radical (unpaired) electrons. The van der Waals surface area contributed by atoms with Gasteiger partial charge in [-0.1, -0.05) is 11.8 Å². The number of carbonyl (C=O) groups excluding carboxylic acids is 1. The molecule has 0 spiro atoms. The molecule has 0 aromatic carbocycles. The zero-order valence-electron chi connectivity index (χ0n) is 11.3. The van der Waals surface area contributed by atoms with Gasteiger partial charge >= 0.3 is 5.97 Å². The second-order valence-electron chi connectivity index (χ2n) is 5.33. The largest absolute Gasteiger partial charge is 0.480 e. The van der Waals surface area contributed by atoms with Crippen LogP contribution < -0.4 is 0 Å². The van der Waals surface area contributed by atoms with E-state index < -0.39 is 18.1 Å². The molecule has 8 nitrogen and oxygen atoms in total. The lowest BCUT2D eigenvalue weighted by atomic mass is 10.2. The quantitative estimate of drug-likeness (QED) is 0.722. The SMILES string of the molecule is O=C(O)[C@@H]1C[C@H](O)CN1C(=O)CSc1nncn1C1CC1. The van der Waals surface area contributed by atoms with Gasteiger partial charge in [0, 0.05) is 19.0 Å². The van der Waals surface area contributed by atoms with E-state index in [1.807, 2.05) is 4.57 Å². The van der Waals surface area contributed by atoms with Gasteiger partial charge in [0.15, 0.2) is 5.16 Å². The number of rotatable bonds is 5. The Hall–Kier alpha value is -1.61. The first kappa shape index (κ1) is 14.3. The lowest BCUT2D eigenvalue weighted by molar-refractivity contribution is -0.147. The highest BCUT2D eigenvalue weighted by molar-refractivity contribution is 7.99. The third-order valence-corrected chi connectivity index (χ3v) is 4.63. The van der Waals surface area contributed by atoms with E-state index in [2.05, 4.69) is 10.2 Å². The van der Waals surface area contributed by atoms with Crippen LogP contribution in [0.2, 0.25) is 0 Å². The Labute approximate surface area is 125 Å². The van der Waals surface area contributed by atoms with Crippen LogP contribution in [0.1, 0.15) is 25.3 Å². The molecule has 2 heterocycles. The van der Waals surface area contributed by atoms with Crippen molar-refractivity contribution in [3.8, 4) is 0 Å². The van der Waals surface area contributed by atoms with Crippen LogP contribution in [-0.4, -0.2) is 66.2 Å². The van der Waals surface area contributed by atoms with Gasteiger partial charge in [-0.05, 0) is 12.8 Å². The van der Waals surface area contributed by atoms with E-state index in [0.29, 0.717) is 11.2 Å². The summed E-state index contributed by atoms with van der Waals surface area (Å²) < 4.78 is 1.95. The molecule has 3 rings (SSSR count). The predicted molar refractivity (Wildman–Crippen MR) is 72.8 cm³/mol. The molecule has 2 atom stereocenters. The van der Waals surface area contributed by atoms with Crippen LogP contribution in [0, 0.1) is 0 Å². The zero-order chi connectivity index (χ0) is 15.0. The van der Waals surface area contributed by atoms with Crippen LogP contribution in [0.3, 0.4) is 0 Å². The predicted octanol–water partition coefficient (Wildman–Crippen LogP) is -0.248. The molecule has 0 unspecified atom stereocenters. The number of hydrogen-bond acceptors (Lipinski definition) is 6. The Morgan fingerprint density at radius 1 is 1.43 bits per heavy atom. The van der Waals surface area contributed by atoms with E-state index in [1.54, 1.807) is 6.33 Å². The average Bonchev–Trinajstić information content (AvgIpc) is 3.04. The molecular formula is C12H16N4O4S. The summed E-state index contributed by atoms with van der Waals surface area (Å²) in [6.45, 7) is 0.0751. The monoisotopic (exact) mass is 312 g/mol. The van der Waals surface area contributed by atoms with Crippen LogP contribution in [0.5, 0.6) is 0 Å². The standard InChI is InChI=1S/C12H16N4O4S/c17-8-3-9(11(19)20)15(4-8)10(18)5-21-12-14-13-6-16(12)7-1-2-7/h6-9,17H,1-5H2,(H,19,20)/t8-,9-/m0/s1. The number of amides is 1. The molecule has 1 saturated heterocycles. The maximum Gasteiger partial charge on any atom is 0.326 e. The number of β-amino-alcohol motifs (C(OH)–C–C–N with tert-alkyl or cyclic N) is 1. The van der Waals surface area contributed by atoms with E-state index in [-0.39, 0.29) is 24.6 Å². The van der Waals surface area contributed by atoms with Gasteiger partial charge < -0.3 is 19.7 Å². The smallest absolute Gasteiger partial charge is 0.326 e. The summed E-state index contributed by atoms with van der Waals surface area (Å²) in [7, 11) is 0. The Balaban J connectivity index is 1.60. The molecule has 1 aliphatic heterocycles. The summed E-state index contributed by atoms with van der Waals surface area (Å²) in [5.41, 5.74) is 0. The van der Waals surface area contributed by atoms with Gasteiger partial charge in [0.25, 0.3) is 0 Å². The number of carboxylic acids is 1. The van der Waals surface area contributed by atoms with Crippen molar-refractivity contribution in [1.29, 1.82) is 0 Å². The average molecular weight is 312 g/mol. The fraction of sp³-hybridized carbons (Fsp3) is 0.667. The molecule has 21 heavy (non-hydrogen) atoms. The van der Waals surface area contributed by atoms with Crippen molar-refractivity contribution in [3.05, 3.63) is 6.33 Å². The highest BCUT2D eigenvalue weighted by Crippen LogP contribution is 2.37. The van der Waals surface area contributed by atoms with Gasteiger partial charge in [0.05, 0.1) is 11.9 Å². The van der Waals surface area contributed by atoms with Gasteiger partial charge in [-0.2, -0.15) is 0 Å². The Morgan fingerprint density at radius 3 is 2.86 bits per heavy atom. The fourth-order valence-electron chi connectivity index (χ4n) is 2.47. The maximum absolute atomic E-state index is 12.2. The van der Waals surface area contributed by atoms with Gasteiger partial charge in [-0.25, -0.2) is 4.79 Å². The Bertz CT molecular complexity index is 559. The molecule has 114 valence electrons. The Kier molecular flexibility index (Phi) is 3.85. The molecule has 0 bridgehead atoms. The van der Waals surface area contributed by atoms with Crippen LogP contribution >= 0.6 is 11.8 Å². The number of thioether (sulfide) groups is 1. The number of carbonyl (C=O) groups is 2. The Morgan fingerprint density at radius 2 is 2.19 bits per heavy atom. The summed E-state index contributed by atoms with van der Waals surface area (Å²) in [6, 6.07) is -0.507. The molecule has 2 fully saturated rings. The molecule has 9 heteroatoms. The first-order valence-electron chi connectivity index (χ1n) is 6.79. The summed E-state index contributed by atoms with van der Waals surface area (Å²) >= 11 is 1.26. The van der Waals surface area contributed by atoms with Crippen LogP contribution in [-0.2, 0) is 9.59 Å². The van der Waals surface area contributed by atoms with Gasteiger partial charge in [-0.15, -0.1) is 10.2 Å². The zero-order valence-corrected chi connectivity index (χ0v) is 12.1. The van der Waals surface area contributed by atoms with E-state index in [1.165, 1.54) is 16.7 Å². The molecule has 1 amide bonds. The normalized spacial score (nSPS) is 25.3. The van der Waals surface area contributed by atoms with Crippen LogP contribution in [0.4, 0.5) is 0 Å². The first-order valence-corrected chi connectivity index (χ1v) is 7.77. The number of aliphatic hydroxyl groups is 1. The van der Waals surface area contributed by atoms with Crippen molar-refractivity contribution in [2.45, 2.75) is 42.6 Å². The molecule has 1 saturated carbocycles. The molecule has 1 aromatic rings. The summed E-state index contributed by atoms with van der Waals surface area (Å²) in [5, 5.41) is 27.2. The van der Waals surface area contributed by atoms with Gasteiger partial charge in [-0.3, -0.25) is 4.79 Å². The summed E-state index contributed by atoms with van der Waals surface area (Å²) in [5.74, 6) is -1.28. The number of aromatic nitrogens is 3. The van der Waals surface area contributed by atoms with Crippen molar-refractivity contribution < 1.29 is 19.8 Å². The second-order valence-corrected chi connectivity index (χ2v) is 6.27. The van der Waals surface area contributed by atoms with Crippen LogP contribution in [0.25, 0.3) is 0 Å². The van der Waals surface area contributed by atoms with Crippen molar-refractivity contribution in [3.63, 3.8) is 0 Å². The lowest BCUT2D eigenvalue weighted by Crippen LogP contribution is -2.41. The molecule has 2 aliphatic rings. The van der Waals surface area contributed by atoms with Crippen molar-refractivity contribution >= 4 is 23.6 Å². The topological polar surface area (TPSA) is 109 Å². The minimum atomic E-state index is -1.08. The van der Waals surface area contributed by atoms with E-state index in [9.17, 15) is 14.7 Å². The van der Waals surface area contributed by atoms with Crippen molar-refractivity contribution in [1.82, 2.24) is 19.7 Å². The first-order chi connectivity index (χ1) is 10.1. The minimum Gasteiger partial charge on any atom is -0.480 e. The molecule has 1 aliphatic carbocycles. The number of hydrogen-bond donors (Lipinski definition) is 2. The highest BCUT2D eigenvalue weighted by atomic mass is 32.2. The molecule has 2 N–H and O–H groups in total. The van der Waals surface area contributed by atoms with E-state index in [0.717, 1.165) is 12.8 Å². The minimum absolute atomic E-state index is 0.0751. The number of aliphatic carboxylic acids is 1. The van der Waals surface area contributed by atoms with E-state index >= 15 is 0 Å². The van der Waals surface area contributed by atoms with Crippen molar-refractivity contribution in [2.75, 3.05) is 12.3 Å². The number of carboxylic acid groups (broad SMARTS) is 1. The highest BCUT2D eigenvalue weighted by Gasteiger charge is 2.38. The lowest BCUT2D eigenvalue weighted by Gasteiger charge is -2.20. The van der Waals surface area contributed by atoms with Gasteiger partial charge in [0.2, 0.25) is 5.91 Å². The summed E-state index contributed by atoms with van der Waals surface area (Å²) in [6.07, 6.45) is 3.17. The second kappa shape index (κ2) is 5.64. The number of nitrogens with zero attached hydrogens (tertiary/aromatic N) is 4. The van der Waals surface area contributed by atoms with Gasteiger partial charge in [0.1, 0.15) is 12.4 Å². The molecular weight excluding hydrogens is 296 g/mol. The van der Waals surface area contributed by atoms with Crippen LogP contribution in [0.15, 0.2) is 11.5 Å². The van der Waals surface area contributed by atoms with E-state index in [4.69, 9.17) is 5.11 Å². The third-order valence-electron chi connectivity index (χ3n) is 3.69. The number of likely N-dealkylation sites (tertiary alicyclic amines) is 1. The molecule has 1 aromatic heterocycles. The van der Waals surface area contributed by atoms with Crippen molar-refractivity contribution in [2.24, 2.45) is 0 Å². The number of aliphatic hydroxyl groups excluding tert-OH is 1. The summed E-state index contributed by atoms with van der Waals surface area (Å²) in [4.78, 5) is 24.5. The fourth-order valence-corrected chi connectivity index (χ4v) is 3.34.